The summed E-state index contributed by atoms with van der Waals surface area (Å²) in [5.74, 6) is 0. The topological polar surface area (TPSA) is 72.2 Å². The van der Waals surface area contributed by atoms with Gasteiger partial charge in [0.05, 0.1) is 10.0 Å². The van der Waals surface area contributed by atoms with Crippen LogP contribution >= 0.6 is 35.6 Å². The highest BCUT2D eigenvalue weighted by Crippen LogP contribution is 2.29. The monoisotopic (exact) mass is 332 g/mol. The predicted octanol–water partition coefficient (Wildman–Crippen LogP) is 2.43. The molecule has 0 saturated heterocycles. The molecule has 8 heteroatoms. The van der Waals surface area contributed by atoms with Gasteiger partial charge in [-0.3, -0.25) is 0 Å². The Bertz CT molecular complexity index is 518. The van der Waals surface area contributed by atoms with Gasteiger partial charge in [0.2, 0.25) is 10.0 Å². The Kier molecular flexibility index (Phi) is 6.40. The third kappa shape index (κ3) is 4.26. The zero-order chi connectivity index (χ0) is 13.3. The Morgan fingerprint density at radius 2 is 1.89 bits per heavy atom. The molecule has 0 unspecified atom stereocenters. The maximum Gasteiger partial charge on any atom is 0.242 e. The molecule has 0 radical (unpaired) electrons. The van der Waals surface area contributed by atoms with E-state index in [2.05, 4.69) is 4.72 Å². The summed E-state index contributed by atoms with van der Waals surface area (Å²) in [4.78, 5) is -0.0480. The standard InChI is InChI=1S/C10H14Cl2N2O2S.ClH/c1-10(2,6-13)14-17(15,16)8-5-3-4-7(11)9(8)12;/h3-5,14H,6,13H2,1-2H3;1H. The smallest absolute Gasteiger partial charge is 0.242 e. The molecule has 0 saturated carbocycles. The third-order valence-electron chi connectivity index (χ3n) is 2.13. The van der Waals surface area contributed by atoms with Gasteiger partial charge in [0.25, 0.3) is 0 Å². The van der Waals surface area contributed by atoms with Crippen LogP contribution in [0.3, 0.4) is 0 Å². The van der Waals surface area contributed by atoms with Gasteiger partial charge >= 0.3 is 0 Å². The van der Waals surface area contributed by atoms with E-state index < -0.39 is 15.6 Å². The second kappa shape index (κ2) is 6.41. The first kappa shape index (κ1) is 18.0. The van der Waals surface area contributed by atoms with Gasteiger partial charge in [-0.2, -0.15) is 0 Å². The van der Waals surface area contributed by atoms with Gasteiger partial charge in [-0.05, 0) is 26.0 Å². The van der Waals surface area contributed by atoms with Crippen LogP contribution in [0.4, 0.5) is 0 Å². The molecule has 1 aromatic carbocycles. The molecule has 0 atom stereocenters. The number of sulfonamides is 1. The average Bonchev–Trinajstić information content (AvgIpc) is 2.20. The Labute approximate surface area is 123 Å². The van der Waals surface area contributed by atoms with Crippen molar-refractivity contribution >= 4 is 45.6 Å². The van der Waals surface area contributed by atoms with Gasteiger partial charge in [0.1, 0.15) is 4.90 Å². The lowest BCUT2D eigenvalue weighted by Gasteiger charge is -2.24. The molecule has 4 nitrogen and oxygen atoms in total. The van der Waals surface area contributed by atoms with E-state index in [0.717, 1.165) is 0 Å². The first-order valence-corrected chi connectivity index (χ1v) is 7.11. The molecule has 0 aliphatic heterocycles. The number of halogens is 3. The molecule has 1 rings (SSSR count). The first-order valence-electron chi connectivity index (χ1n) is 4.88. The fourth-order valence-electron chi connectivity index (χ4n) is 1.15. The molecule has 0 heterocycles. The van der Waals surface area contributed by atoms with Crippen molar-refractivity contribution in [3.8, 4) is 0 Å². The Hall–Kier alpha value is -0.0400. The summed E-state index contributed by atoms with van der Waals surface area (Å²) in [6.07, 6.45) is 0. The lowest BCUT2D eigenvalue weighted by Crippen LogP contribution is -2.48. The molecule has 0 aliphatic carbocycles. The van der Waals surface area contributed by atoms with E-state index in [1.165, 1.54) is 18.2 Å². The van der Waals surface area contributed by atoms with Crippen LogP contribution in [0.5, 0.6) is 0 Å². The molecular formula is C10H15Cl3N2O2S. The Balaban J connectivity index is 0.00000289. The van der Waals surface area contributed by atoms with Crippen LogP contribution in [0.2, 0.25) is 10.0 Å². The van der Waals surface area contributed by atoms with Crippen molar-refractivity contribution in [2.45, 2.75) is 24.3 Å². The second-order valence-corrected chi connectivity index (χ2v) is 6.68. The van der Waals surface area contributed by atoms with Crippen molar-refractivity contribution in [3.05, 3.63) is 28.2 Å². The average molecular weight is 334 g/mol. The Morgan fingerprint density at radius 3 is 2.39 bits per heavy atom. The molecule has 3 N–H and O–H groups in total. The number of nitrogens with one attached hydrogen (secondary N) is 1. The fourth-order valence-corrected chi connectivity index (χ4v) is 3.34. The van der Waals surface area contributed by atoms with Gasteiger partial charge in [-0.25, -0.2) is 13.1 Å². The molecule has 0 amide bonds. The highest BCUT2D eigenvalue weighted by Gasteiger charge is 2.27. The van der Waals surface area contributed by atoms with Gasteiger partial charge in [0, 0.05) is 12.1 Å². The maximum atomic E-state index is 12.1. The summed E-state index contributed by atoms with van der Waals surface area (Å²) < 4.78 is 26.6. The van der Waals surface area contributed by atoms with Crippen molar-refractivity contribution in [3.63, 3.8) is 0 Å². The van der Waals surface area contributed by atoms with Crippen LogP contribution in [0.25, 0.3) is 0 Å². The Morgan fingerprint density at radius 1 is 1.33 bits per heavy atom. The van der Waals surface area contributed by atoms with Crippen molar-refractivity contribution in [2.75, 3.05) is 6.54 Å². The summed E-state index contributed by atoms with van der Waals surface area (Å²) in [7, 11) is -3.73. The quantitative estimate of drug-likeness (QED) is 0.889. The minimum atomic E-state index is -3.73. The molecule has 18 heavy (non-hydrogen) atoms. The van der Waals surface area contributed by atoms with Crippen LogP contribution < -0.4 is 10.5 Å². The lowest BCUT2D eigenvalue weighted by molar-refractivity contribution is 0.462. The summed E-state index contributed by atoms with van der Waals surface area (Å²) in [6, 6.07) is 4.44. The predicted molar refractivity (Wildman–Crippen MR) is 77.2 cm³/mol. The van der Waals surface area contributed by atoms with E-state index in [1.54, 1.807) is 13.8 Å². The summed E-state index contributed by atoms with van der Waals surface area (Å²) in [5.41, 5.74) is 4.73. The van der Waals surface area contributed by atoms with Gasteiger partial charge in [-0.15, -0.1) is 12.4 Å². The molecule has 0 bridgehead atoms. The number of hydrogen-bond donors (Lipinski definition) is 2. The van der Waals surface area contributed by atoms with Gasteiger partial charge in [0.15, 0.2) is 0 Å². The highest BCUT2D eigenvalue weighted by atomic mass is 35.5. The number of hydrogen-bond acceptors (Lipinski definition) is 3. The second-order valence-electron chi connectivity index (χ2n) is 4.25. The summed E-state index contributed by atoms with van der Waals surface area (Å²) >= 11 is 11.6. The maximum absolute atomic E-state index is 12.1. The van der Waals surface area contributed by atoms with E-state index in [-0.39, 0.29) is 33.9 Å². The van der Waals surface area contributed by atoms with E-state index in [9.17, 15) is 8.42 Å². The molecule has 0 spiro atoms. The van der Waals surface area contributed by atoms with Crippen molar-refractivity contribution < 1.29 is 8.42 Å². The van der Waals surface area contributed by atoms with E-state index in [4.69, 9.17) is 28.9 Å². The lowest BCUT2D eigenvalue weighted by atomic mass is 10.1. The van der Waals surface area contributed by atoms with Crippen molar-refractivity contribution in [1.29, 1.82) is 0 Å². The SMILES string of the molecule is CC(C)(CN)NS(=O)(=O)c1cccc(Cl)c1Cl.Cl. The first-order chi connectivity index (χ1) is 7.69. The minimum absolute atomic E-state index is 0. The number of nitrogens with two attached hydrogens (primary N) is 1. The summed E-state index contributed by atoms with van der Waals surface area (Å²) in [5, 5.41) is 0.203. The zero-order valence-electron chi connectivity index (χ0n) is 9.91. The molecule has 0 fully saturated rings. The van der Waals surface area contributed by atoms with Gasteiger partial charge in [-0.1, -0.05) is 29.3 Å². The van der Waals surface area contributed by atoms with E-state index >= 15 is 0 Å². The number of rotatable bonds is 4. The van der Waals surface area contributed by atoms with Gasteiger partial charge < -0.3 is 5.73 Å². The normalized spacial score (nSPS) is 12.1. The van der Waals surface area contributed by atoms with E-state index in [0.29, 0.717) is 0 Å². The summed E-state index contributed by atoms with van der Waals surface area (Å²) in [6.45, 7) is 3.54. The van der Waals surface area contributed by atoms with Crippen molar-refractivity contribution in [1.82, 2.24) is 4.72 Å². The molecule has 1 aromatic rings. The van der Waals surface area contributed by atoms with Crippen LogP contribution in [-0.2, 0) is 10.0 Å². The van der Waals surface area contributed by atoms with Crippen molar-refractivity contribution in [2.24, 2.45) is 5.73 Å². The van der Waals surface area contributed by atoms with Crippen LogP contribution in [0.1, 0.15) is 13.8 Å². The molecule has 0 aliphatic rings. The third-order valence-corrected chi connectivity index (χ3v) is 4.80. The molecule has 104 valence electrons. The van der Waals surface area contributed by atoms with Crippen LogP contribution in [-0.4, -0.2) is 20.5 Å². The van der Waals surface area contributed by atoms with E-state index in [1.807, 2.05) is 0 Å². The largest absolute Gasteiger partial charge is 0.329 e. The van der Waals surface area contributed by atoms with Crippen LogP contribution in [0, 0.1) is 0 Å². The minimum Gasteiger partial charge on any atom is -0.329 e. The molecule has 0 aromatic heterocycles. The zero-order valence-corrected chi connectivity index (χ0v) is 13.1. The fraction of sp³-hybridized carbons (Fsp3) is 0.400. The number of benzene rings is 1. The van der Waals surface area contributed by atoms with Crippen LogP contribution in [0.15, 0.2) is 23.1 Å². The highest BCUT2D eigenvalue weighted by molar-refractivity contribution is 7.89. The molecular weight excluding hydrogens is 319 g/mol.